The number of aryl methyl sites for hydroxylation is 2. The van der Waals surface area contributed by atoms with Crippen LogP contribution in [0.15, 0.2) is 53.4 Å². The van der Waals surface area contributed by atoms with E-state index in [9.17, 15) is 13.2 Å². The third kappa shape index (κ3) is 7.35. The summed E-state index contributed by atoms with van der Waals surface area (Å²) in [5, 5.41) is 2.95. The van der Waals surface area contributed by atoms with Crippen molar-refractivity contribution in [3.8, 4) is 5.75 Å². The number of benzene rings is 2. The Bertz CT molecular complexity index is 986. The standard InChI is InChI=1S/C25H34N2O4S/c1-19-17-23(32(29,30)27-22-11-7-4-8-12-22)15-16-24(19)31-18-25(28)26-20(2)13-14-21-9-5-3-6-10-21/h3,5-6,9-10,15-17,20,22,27H,4,7-8,11-14,18H2,1-2H3,(H,26,28)/t20-/m0/s1. The third-order valence-corrected chi connectivity index (χ3v) is 7.38. The molecule has 1 aliphatic rings. The van der Waals surface area contributed by atoms with E-state index in [-0.39, 0.29) is 29.5 Å². The Morgan fingerprint density at radius 2 is 1.81 bits per heavy atom. The van der Waals surface area contributed by atoms with Crippen molar-refractivity contribution < 1.29 is 17.9 Å². The van der Waals surface area contributed by atoms with Crippen molar-refractivity contribution in [2.24, 2.45) is 0 Å². The highest BCUT2D eigenvalue weighted by Gasteiger charge is 2.22. The molecule has 0 unspecified atom stereocenters. The fourth-order valence-electron chi connectivity index (χ4n) is 4.02. The van der Waals surface area contributed by atoms with Gasteiger partial charge >= 0.3 is 0 Å². The molecule has 0 spiro atoms. The van der Waals surface area contributed by atoms with Crippen molar-refractivity contribution in [3.63, 3.8) is 0 Å². The van der Waals surface area contributed by atoms with Gasteiger partial charge in [0.15, 0.2) is 6.61 Å². The number of nitrogens with one attached hydrogen (secondary N) is 2. The number of rotatable bonds is 10. The second-order valence-corrected chi connectivity index (χ2v) is 10.4. The summed E-state index contributed by atoms with van der Waals surface area (Å²) in [6, 6.07) is 15.0. The maximum absolute atomic E-state index is 12.7. The monoisotopic (exact) mass is 458 g/mol. The first-order valence-corrected chi connectivity index (χ1v) is 12.9. The Labute approximate surface area is 191 Å². The zero-order chi connectivity index (χ0) is 23.0. The molecular formula is C25H34N2O4S. The van der Waals surface area contributed by atoms with Gasteiger partial charge in [-0.15, -0.1) is 0 Å². The van der Waals surface area contributed by atoms with Crippen molar-refractivity contribution in [2.45, 2.75) is 75.8 Å². The lowest BCUT2D eigenvalue weighted by molar-refractivity contribution is -0.123. The molecule has 0 saturated heterocycles. The number of ether oxygens (including phenoxy) is 1. The van der Waals surface area contributed by atoms with E-state index < -0.39 is 10.0 Å². The minimum absolute atomic E-state index is 0.0116. The lowest BCUT2D eigenvalue weighted by Gasteiger charge is -2.22. The first kappa shape index (κ1) is 24.3. The Hall–Kier alpha value is -2.38. The van der Waals surface area contributed by atoms with Crippen LogP contribution in [0.25, 0.3) is 0 Å². The average molecular weight is 459 g/mol. The van der Waals surface area contributed by atoms with Crippen molar-refractivity contribution in [2.75, 3.05) is 6.61 Å². The van der Waals surface area contributed by atoms with Crippen molar-refractivity contribution in [3.05, 3.63) is 59.7 Å². The van der Waals surface area contributed by atoms with Gasteiger partial charge in [-0.3, -0.25) is 4.79 Å². The lowest BCUT2D eigenvalue weighted by Crippen LogP contribution is -2.36. The molecule has 0 radical (unpaired) electrons. The molecule has 1 saturated carbocycles. The van der Waals surface area contributed by atoms with Gasteiger partial charge in [-0.25, -0.2) is 13.1 Å². The number of carbonyl (C=O) groups excluding carboxylic acids is 1. The largest absolute Gasteiger partial charge is 0.484 e. The van der Waals surface area contributed by atoms with Gasteiger partial charge in [0.05, 0.1) is 4.90 Å². The number of hydrogen-bond acceptors (Lipinski definition) is 4. The summed E-state index contributed by atoms with van der Waals surface area (Å²) in [5.41, 5.74) is 1.93. The highest BCUT2D eigenvalue weighted by molar-refractivity contribution is 7.89. The van der Waals surface area contributed by atoms with Gasteiger partial charge in [0.1, 0.15) is 5.75 Å². The molecule has 32 heavy (non-hydrogen) atoms. The maximum atomic E-state index is 12.7. The van der Waals surface area contributed by atoms with Gasteiger partial charge in [-0.2, -0.15) is 0 Å². The van der Waals surface area contributed by atoms with Gasteiger partial charge in [0, 0.05) is 12.1 Å². The molecule has 1 amide bonds. The summed E-state index contributed by atoms with van der Waals surface area (Å²) in [5.74, 6) is 0.314. The van der Waals surface area contributed by atoms with E-state index in [1.165, 1.54) is 18.1 Å². The number of amides is 1. The van der Waals surface area contributed by atoms with Gasteiger partial charge in [-0.1, -0.05) is 49.6 Å². The smallest absolute Gasteiger partial charge is 0.258 e. The highest BCUT2D eigenvalue weighted by atomic mass is 32.2. The average Bonchev–Trinajstić information content (AvgIpc) is 2.78. The Morgan fingerprint density at radius 3 is 2.50 bits per heavy atom. The second-order valence-electron chi connectivity index (χ2n) is 8.67. The lowest BCUT2D eigenvalue weighted by atomic mass is 9.96. The van der Waals surface area contributed by atoms with Crippen LogP contribution >= 0.6 is 0 Å². The van der Waals surface area contributed by atoms with Gasteiger partial charge in [0.25, 0.3) is 5.91 Å². The molecule has 0 heterocycles. The normalized spacial score (nSPS) is 15.8. The molecule has 6 nitrogen and oxygen atoms in total. The summed E-state index contributed by atoms with van der Waals surface area (Å²) in [4.78, 5) is 12.5. The predicted octanol–water partition coefficient (Wildman–Crippen LogP) is 4.12. The van der Waals surface area contributed by atoms with Crippen LogP contribution in [0.2, 0.25) is 0 Å². The van der Waals surface area contributed by atoms with E-state index in [1.807, 2.05) is 25.1 Å². The minimum Gasteiger partial charge on any atom is -0.484 e. The Kier molecular flexibility index (Phi) is 8.70. The molecule has 7 heteroatoms. The number of sulfonamides is 1. The fraction of sp³-hybridized carbons (Fsp3) is 0.480. The van der Waals surface area contributed by atoms with E-state index in [0.29, 0.717) is 11.3 Å². The molecule has 2 N–H and O–H groups in total. The Morgan fingerprint density at radius 1 is 1.09 bits per heavy atom. The Balaban J connectivity index is 1.48. The number of hydrogen-bond donors (Lipinski definition) is 2. The zero-order valence-corrected chi connectivity index (χ0v) is 19.8. The van der Waals surface area contributed by atoms with E-state index in [0.717, 1.165) is 38.5 Å². The zero-order valence-electron chi connectivity index (χ0n) is 19.0. The van der Waals surface area contributed by atoms with Gasteiger partial charge in [-0.05, 0) is 68.9 Å². The van der Waals surface area contributed by atoms with Crippen molar-refractivity contribution in [1.82, 2.24) is 10.0 Å². The molecular weight excluding hydrogens is 424 g/mol. The van der Waals surface area contributed by atoms with E-state index in [4.69, 9.17) is 4.74 Å². The van der Waals surface area contributed by atoms with Crippen LogP contribution in [0, 0.1) is 6.92 Å². The third-order valence-electron chi connectivity index (χ3n) is 5.86. The van der Waals surface area contributed by atoms with Crippen LogP contribution in [-0.2, 0) is 21.2 Å². The molecule has 0 aliphatic heterocycles. The minimum atomic E-state index is -3.56. The molecule has 2 aromatic rings. The molecule has 2 aromatic carbocycles. The van der Waals surface area contributed by atoms with Crippen LogP contribution in [0.1, 0.15) is 56.6 Å². The summed E-state index contributed by atoms with van der Waals surface area (Å²) in [7, 11) is -3.56. The molecule has 174 valence electrons. The summed E-state index contributed by atoms with van der Waals surface area (Å²) in [6.07, 6.45) is 6.81. The van der Waals surface area contributed by atoms with Crippen molar-refractivity contribution in [1.29, 1.82) is 0 Å². The molecule has 3 rings (SSSR count). The van der Waals surface area contributed by atoms with Crippen molar-refractivity contribution >= 4 is 15.9 Å². The predicted molar refractivity (Wildman–Crippen MR) is 126 cm³/mol. The summed E-state index contributed by atoms with van der Waals surface area (Å²) in [6.45, 7) is 3.66. The summed E-state index contributed by atoms with van der Waals surface area (Å²) >= 11 is 0. The molecule has 1 aliphatic carbocycles. The van der Waals surface area contributed by atoms with Crippen LogP contribution < -0.4 is 14.8 Å². The van der Waals surface area contributed by atoms with Crippen LogP contribution in [0.5, 0.6) is 5.75 Å². The number of carbonyl (C=O) groups is 1. The molecule has 0 bridgehead atoms. The quantitative estimate of drug-likeness (QED) is 0.561. The topological polar surface area (TPSA) is 84.5 Å². The molecule has 1 atom stereocenters. The molecule has 1 fully saturated rings. The van der Waals surface area contributed by atoms with Gasteiger partial charge < -0.3 is 10.1 Å². The highest BCUT2D eigenvalue weighted by Crippen LogP contribution is 2.24. The second kappa shape index (κ2) is 11.5. The van der Waals surface area contributed by atoms with Crippen LogP contribution in [-0.4, -0.2) is 33.0 Å². The maximum Gasteiger partial charge on any atom is 0.258 e. The van der Waals surface area contributed by atoms with Crippen LogP contribution in [0.3, 0.4) is 0 Å². The fourth-order valence-corrected chi connectivity index (χ4v) is 5.41. The van der Waals surface area contributed by atoms with E-state index in [1.54, 1.807) is 19.1 Å². The van der Waals surface area contributed by atoms with E-state index in [2.05, 4.69) is 22.2 Å². The first-order chi connectivity index (χ1) is 15.3. The SMILES string of the molecule is Cc1cc(S(=O)(=O)NC2CCCCC2)ccc1OCC(=O)N[C@@H](C)CCc1ccccc1. The summed E-state index contributed by atoms with van der Waals surface area (Å²) < 4.78 is 33.9. The van der Waals surface area contributed by atoms with Crippen LogP contribution in [0.4, 0.5) is 0 Å². The first-order valence-electron chi connectivity index (χ1n) is 11.4. The van der Waals surface area contributed by atoms with Gasteiger partial charge in [0.2, 0.25) is 10.0 Å². The van der Waals surface area contributed by atoms with E-state index >= 15 is 0 Å². The molecule has 0 aromatic heterocycles.